The van der Waals surface area contributed by atoms with E-state index >= 15 is 0 Å². The normalized spacial score (nSPS) is 13.9. The van der Waals surface area contributed by atoms with Crippen LogP contribution in [-0.2, 0) is 6.42 Å². The van der Waals surface area contributed by atoms with Gasteiger partial charge in [0.25, 0.3) is 0 Å². The zero-order chi connectivity index (χ0) is 12.3. The first-order valence-electron chi connectivity index (χ1n) is 5.38. The van der Waals surface area contributed by atoms with Gasteiger partial charge in [-0.05, 0) is 42.9 Å². The average Bonchev–Trinajstić information content (AvgIpc) is 2.07. The fraction of sp³-hybridized carbons (Fsp3) is 0.538. The first kappa shape index (κ1) is 13.8. The molecular weight excluding hydrogens is 246 g/mol. The summed E-state index contributed by atoms with van der Waals surface area (Å²) in [6.45, 7) is 6.27. The number of halogens is 3. The van der Waals surface area contributed by atoms with Crippen LogP contribution in [0.2, 0.25) is 5.02 Å². The first-order valence-corrected chi connectivity index (χ1v) is 6.19. The molecule has 1 aromatic rings. The lowest BCUT2D eigenvalue weighted by Gasteiger charge is -2.26. The molecule has 0 saturated heterocycles. The van der Waals surface area contributed by atoms with Crippen molar-refractivity contribution in [3.63, 3.8) is 0 Å². The molecule has 16 heavy (non-hydrogen) atoms. The monoisotopic (exact) mass is 262 g/mol. The lowest BCUT2D eigenvalue weighted by Crippen LogP contribution is -2.19. The number of rotatable bonds is 4. The molecule has 1 unspecified atom stereocenters. The Morgan fingerprint density at radius 3 is 2.50 bits per heavy atom. The topological polar surface area (TPSA) is 0 Å². The molecular formula is C13H17Cl2F. The number of hydrogen-bond donors (Lipinski definition) is 0. The van der Waals surface area contributed by atoms with Gasteiger partial charge in [-0.25, -0.2) is 4.39 Å². The van der Waals surface area contributed by atoms with Gasteiger partial charge in [-0.2, -0.15) is 0 Å². The Kier molecular flexibility index (Phi) is 4.63. The van der Waals surface area contributed by atoms with Crippen LogP contribution in [0.1, 0.15) is 32.8 Å². The largest absolute Gasteiger partial charge is 0.207 e. The van der Waals surface area contributed by atoms with Crippen LogP contribution in [0.5, 0.6) is 0 Å². The van der Waals surface area contributed by atoms with Crippen molar-refractivity contribution >= 4 is 23.2 Å². The van der Waals surface area contributed by atoms with Gasteiger partial charge in [0.05, 0.1) is 0 Å². The van der Waals surface area contributed by atoms with Gasteiger partial charge in [0.15, 0.2) is 0 Å². The van der Waals surface area contributed by atoms with Crippen LogP contribution >= 0.6 is 23.2 Å². The molecule has 0 amide bonds. The van der Waals surface area contributed by atoms with Crippen LogP contribution in [0, 0.1) is 11.2 Å². The van der Waals surface area contributed by atoms with E-state index in [1.807, 2.05) is 6.92 Å². The molecule has 90 valence electrons. The van der Waals surface area contributed by atoms with Gasteiger partial charge in [0.2, 0.25) is 0 Å². The molecule has 0 aliphatic carbocycles. The van der Waals surface area contributed by atoms with Gasteiger partial charge >= 0.3 is 0 Å². The van der Waals surface area contributed by atoms with Gasteiger partial charge in [-0.15, -0.1) is 11.6 Å². The van der Waals surface area contributed by atoms with Crippen molar-refractivity contribution in [3.05, 3.63) is 34.6 Å². The van der Waals surface area contributed by atoms with Gasteiger partial charge < -0.3 is 0 Å². The SMILES string of the molecule is CC(Cl)CC(C)(C)Cc1ccc(F)cc1Cl. The summed E-state index contributed by atoms with van der Waals surface area (Å²) in [5, 5.41) is 0.629. The summed E-state index contributed by atoms with van der Waals surface area (Å²) < 4.78 is 12.9. The van der Waals surface area contributed by atoms with Crippen molar-refractivity contribution in [2.24, 2.45) is 5.41 Å². The fourth-order valence-corrected chi connectivity index (χ4v) is 2.67. The highest BCUT2D eigenvalue weighted by Crippen LogP contribution is 2.31. The van der Waals surface area contributed by atoms with Crippen LogP contribution in [0.4, 0.5) is 4.39 Å². The molecule has 0 nitrogen and oxygen atoms in total. The molecule has 0 N–H and O–H groups in total. The predicted molar refractivity (Wildman–Crippen MR) is 68.8 cm³/mol. The third kappa shape index (κ3) is 4.31. The maximum absolute atomic E-state index is 12.9. The molecule has 0 spiro atoms. The summed E-state index contributed by atoms with van der Waals surface area (Å²) in [5.74, 6) is -0.294. The zero-order valence-corrected chi connectivity index (χ0v) is 11.4. The van der Waals surface area contributed by atoms with E-state index in [0.29, 0.717) is 5.02 Å². The van der Waals surface area contributed by atoms with Gasteiger partial charge in [0.1, 0.15) is 5.82 Å². The van der Waals surface area contributed by atoms with Gasteiger partial charge in [-0.1, -0.05) is 31.5 Å². The Balaban J connectivity index is 2.79. The average molecular weight is 263 g/mol. The summed E-state index contributed by atoms with van der Waals surface area (Å²) in [7, 11) is 0. The van der Waals surface area contributed by atoms with Crippen LogP contribution in [0.15, 0.2) is 18.2 Å². The lowest BCUT2D eigenvalue weighted by atomic mass is 9.82. The van der Waals surface area contributed by atoms with Crippen molar-refractivity contribution in [1.82, 2.24) is 0 Å². The summed E-state index contributed by atoms with van der Waals surface area (Å²) >= 11 is 12.0. The molecule has 0 aromatic heterocycles. The molecule has 1 rings (SSSR count). The predicted octanol–water partition coefficient (Wildman–Crippen LogP) is 5.07. The van der Waals surface area contributed by atoms with E-state index < -0.39 is 0 Å². The smallest absolute Gasteiger partial charge is 0.124 e. The molecule has 0 radical (unpaired) electrons. The van der Waals surface area contributed by atoms with Crippen molar-refractivity contribution in [1.29, 1.82) is 0 Å². The first-order chi connectivity index (χ1) is 7.30. The second kappa shape index (κ2) is 5.37. The summed E-state index contributed by atoms with van der Waals surface area (Å²) in [6, 6.07) is 4.55. The van der Waals surface area contributed by atoms with E-state index in [0.717, 1.165) is 18.4 Å². The molecule has 0 heterocycles. The van der Waals surface area contributed by atoms with E-state index in [4.69, 9.17) is 23.2 Å². The van der Waals surface area contributed by atoms with E-state index in [2.05, 4.69) is 13.8 Å². The van der Waals surface area contributed by atoms with Gasteiger partial charge in [-0.3, -0.25) is 0 Å². The Morgan fingerprint density at radius 2 is 2.00 bits per heavy atom. The van der Waals surface area contributed by atoms with Crippen molar-refractivity contribution in [2.75, 3.05) is 0 Å². The Labute approximate surface area is 107 Å². The molecule has 0 bridgehead atoms. The molecule has 1 atom stereocenters. The quantitative estimate of drug-likeness (QED) is 0.665. The second-order valence-corrected chi connectivity index (χ2v) is 6.21. The van der Waals surface area contributed by atoms with Crippen molar-refractivity contribution in [2.45, 2.75) is 39.0 Å². The van der Waals surface area contributed by atoms with Crippen LogP contribution in [0.25, 0.3) is 0 Å². The highest BCUT2D eigenvalue weighted by molar-refractivity contribution is 6.31. The summed E-state index contributed by atoms with van der Waals surface area (Å²) in [4.78, 5) is 0. The highest BCUT2D eigenvalue weighted by atomic mass is 35.5. The number of hydrogen-bond acceptors (Lipinski definition) is 0. The Hall–Kier alpha value is -0.270. The van der Waals surface area contributed by atoms with Crippen LogP contribution in [0.3, 0.4) is 0 Å². The van der Waals surface area contributed by atoms with Gasteiger partial charge in [0, 0.05) is 10.4 Å². The van der Waals surface area contributed by atoms with Crippen LogP contribution in [-0.4, -0.2) is 5.38 Å². The minimum absolute atomic E-state index is 0.0721. The number of benzene rings is 1. The highest BCUT2D eigenvalue weighted by Gasteiger charge is 2.22. The lowest BCUT2D eigenvalue weighted by molar-refractivity contribution is 0.331. The van der Waals surface area contributed by atoms with Crippen molar-refractivity contribution in [3.8, 4) is 0 Å². The third-order valence-electron chi connectivity index (χ3n) is 2.52. The zero-order valence-electron chi connectivity index (χ0n) is 9.86. The minimum Gasteiger partial charge on any atom is -0.207 e. The van der Waals surface area contributed by atoms with E-state index in [1.165, 1.54) is 12.1 Å². The number of alkyl halides is 1. The maximum Gasteiger partial charge on any atom is 0.124 e. The van der Waals surface area contributed by atoms with E-state index in [-0.39, 0.29) is 16.6 Å². The third-order valence-corrected chi connectivity index (χ3v) is 3.02. The minimum atomic E-state index is -0.294. The standard InChI is InChI=1S/C13H17Cl2F/c1-9(14)7-13(2,3)8-10-4-5-11(16)6-12(10)15/h4-6,9H,7-8H2,1-3H3. The summed E-state index contributed by atoms with van der Waals surface area (Å²) in [5.41, 5.74) is 1.05. The Bertz CT molecular complexity index is 359. The van der Waals surface area contributed by atoms with Crippen LogP contribution < -0.4 is 0 Å². The fourth-order valence-electron chi connectivity index (χ4n) is 2.01. The summed E-state index contributed by atoms with van der Waals surface area (Å²) in [6.07, 6.45) is 1.71. The molecule has 0 fully saturated rings. The molecule has 0 aliphatic heterocycles. The van der Waals surface area contributed by atoms with E-state index in [1.54, 1.807) is 6.07 Å². The van der Waals surface area contributed by atoms with Crippen molar-refractivity contribution < 1.29 is 4.39 Å². The second-order valence-electron chi connectivity index (χ2n) is 5.06. The Morgan fingerprint density at radius 1 is 1.38 bits per heavy atom. The molecule has 1 aromatic carbocycles. The molecule has 3 heteroatoms. The molecule has 0 aliphatic rings. The maximum atomic E-state index is 12.9. The van der Waals surface area contributed by atoms with E-state index in [9.17, 15) is 4.39 Å². The molecule has 0 saturated carbocycles.